The summed E-state index contributed by atoms with van der Waals surface area (Å²) in [5.41, 5.74) is 3.27. The highest BCUT2D eigenvalue weighted by Gasteiger charge is 2.20. The van der Waals surface area contributed by atoms with E-state index in [0.29, 0.717) is 6.42 Å². The summed E-state index contributed by atoms with van der Waals surface area (Å²) in [5.74, 6) is 0.916. The van der Waals surface area contributed by atoms with E-state index in [0.717, 1.165) is 66.5 Å². The van der Waals surface area contributed by atoms with Gasteiger partial charge in [0, 0.05) is 43.2 Å². The van der Waals surface area contributed by atoms with Gasteiger partial charge in [0.05, 0.1) is 5.52 Å². The summed E-state index contributed by atoms with van der Waals surface area (Å²) in [6.07, 6.45) is 5.81. The van der Waals surface area contributed by atoms with E-state index in [4.69, 9.17) is 4.74 Å². The van der Waals surface area contributed by atoms with Crippen molar-refractivity contribution in [2.75, 3.05) is 19.6 Å². The molecule has 0 atom stereocenters. The summed E-state index contributed by atoms with van der Waals surface area (Å²) in [5, 5.41) is 1.15. The molecule has 0 aliphatic carbocycles. The number of aromatic nitrogens is 1. The molecule has 0 amide bonds. The molecule has 0 N–H and O–H groups in total. The maximum atomic E-state index is 10.5. The molecule has 4 heteroatoms. The molecule has 0 radical (unpaired) electrons. The quantitative estimate of drug-likeness (QED) is 0.614. The summed E-state index contributed by atoms with van der Waals surface area (Å²) in [4.78, 5) is 17.4. The minimum atomic E-state index is 0.255. The van der Waals surface area contributed by atoms with Crippen LogP contribution in [-0.2, 0) is 4.79 Å². The zero-order valence-corrected chi connectivity index (χ0v) is 15.4. The molecule has 0 saturated carbocycles. The zero-order chi connectivity index (χ0) is 18.5. The molecule has 1 aliphatic rings. The second-order valence-corrected chi connectivity index (χ2v) is 7.06. The van der Waals surface area contributed by atoms with Crippen LogP contribution in [0.15, 0.2) is 60.8 Å². The van der Waals surface area contributed by atoms with Crippen LogP contribution in [0.1, 0.15) is 19.3 Å². The van der Waals surface area contributed by atoms with Crippen LogP contribution >= 0.6 is 0 Å². The van der Waals surface area contributed by atoms with Gasteiger partial charge in [-0.15, -0.1) is 0 Å². The Balaban J connectivity index is 1.38. The average molecular weight is 360 g/mol. The maximum Gasteiger partial charge on any atom is 0.121 e. The van der Waals surface area contributed by atoms with Crippen molar-refractivity contribution in [2.24, 2.45) is 0 Å². The number of pyridine rings is 1. The van der Waals surface area contributed by atoms with Crippen LogP contribution in [0.2, 0.25) is 0 Å². The van der Waals surface area contributed by atoms with E-state index in [9.17, 15) is 4.79 Å². The Bertz CT molecular complexity index is 900. The Morgan fingerprint density at radius 2 is 1.81 bits per heavy atom. The number of aldehydes is 1. The van der Waals surface area contributed by atoms with Gasteiger partial charge < -0.3 is 14.4 Å². The van der Waals surface area contributed by atoms with E-state index in [1.54, 1.807) is 0 Å². The Labute approximate surface area is 159 Å². The molecule has 138 valence electrons. The first-order chi connectivity index (χ1) is 13.3. The number of benzene rings is 2. The van der Waals surface area contributed by atoms with Crippen molar-refractivity contribution < 1.29 is 9.53 Å². The standard InChI is InChI=1S/C23H24N2O2/c26-15-3-12-25-13-10-22(11-14-25)27-21-8-6-18(7-9-21)20-16-19-4-1-2-5-23(19)24-17-20/h1-2,4-9,15-17,22H,3,10-14H2. The van der Waals surface area contributed by atoms with E-state index in [1.807, 2.05) is 36.5 Å². The average Bonchev–Trinajstić information content (AvgIpc) is 2.73. The number of hydrogen-bond acceptors (Lipinski definition) is 4. The topological polar surface area (TPSA) is 42.4 Å². The van der Waals surface area contributed by atoms with E-state index in [-0.39, 0.29) is 6.10 Å². The number of ether oxygens (including phenoxy) is 1. The molecular weight excluding hydrogens is 336 g/mol. The second-order valence-electron chi connectivity index (χ2n) is 7.06. The number of fused-ring (bicyclic) bond motifs is 1. The Morgan fingerprint density at radius 1 is 1.04 bits per heavy atom. The van der Waals surface area contributed by atoms with Crippen molar-refractivity contribution in [1.29, 1.82) is 0 Å². The van der Waals surface area contributed by atoms with E-state index >= 15 is 0 Å². The van der Waals surface area contributed by atoms with Gasteiger partial charge in [-0.2, -0.15) is 0 Å². The highest BCUT2D eigenvalue weighted by Crippen LogP contribution is 2.26. The Morgan fingerprint density at radius 3 is 2.59 bits per heavy atom. The lowest BCUT2D eigenvalue weighted by Gasteiger charge is -2.31. The van der Waals surface area contributed by atoms with Gasteiger partial charge in [-0.1, -0.05) is 30.3 Å². The first-order valence-corrected chi connectivity index (χ1v) is 9.60. The molecule has 3 aromatic rings. The second kappa shape index (κ2) is 8.31. The van der Waals surface area contributed by atoms with Gasteiger partial charge >= 0.3 is 0 Å². The Kier molecular flexibility index (Phi) is 5.45. The molecule has 1 fully saturated rings. The fourth-order valence-electron chi connectivity index (χ4n) is 3.63. The number of rotatable bonds is 6. The van der Waals surface area contributed by atoms with Crippen molar-refractivity contribution in [3.05, 3.63) is 60.8 Å². The molecule has 2 aromatic carbocycles. The molecule has 27 heavy (non-hydrogen) atoms. The van der Waals surface area contributed by atoms with E-state index < -0.39 is 0 Å². The van der Waals surface area contributed by atoms with Crippen molar-refractivity contribution in [3.8, 4) is 16.9 Å². The fraction of sp³-hybridized carbons (Fsp3) is 0.304. The van der Waals surface area contributed by atoms with Crippen molar-refractivity contribution in [1.82, 2.24) is 9.88 Å². The summed E-state index contributed by atoms with van der Waals surface area (Å²) < 4.78 is 6.16. The highest BCUT2D eigenvalue weighted by molar-refractivity contribution is 5.83. The van der Waals surface area contributed by atoms with Gasteiger partial charge in [0.15, 0.2) is 0 Å². The number of likely N-dealkylation sites (tertiary alicyclic amines) is 1. The smallest absolute Gasteiger partial charge is 0.121 e. The number of hydrogen-bond donors (Lipinski definition) is 0. The van der Waals surface area contributed by atoms with Crippen LogP contribution in [0.3, 0.4) is 0 Å². The first-order valence-electron chi connectivity index (χ1n) is 9.60. The maximum absolute atomic E-state index is 10.5. The third kappa shape index (κ3) is 4.34. The number of carbonyl (C=O) groups excluding carboxylic acids is 1. The third-order valence-corrected chi connectivity index (χ3v) is 5.18. The molecule has 1 aliphatic heterocycles. The fourth-order valence-corrected chi connectivity index (χ4v) is 3.63. The van der Waals surface area contributed by atoms with Gasteiger partial charge in [-0.25, -0.2) is 0 Å². The van der Waals surface area contributed by atoms with Crippen LogP contribution in [-0.4, -0.2) is 41.9 Å². The van der Waals surface area contributed by atoms with Crippen LogP contribution in [0, 0.1) is 0 Å². The monoisotopic (exact) mass is 360 g/mol. The third-order valence-electron chi connectivity index (χ3n) is 5.18. The van der Waals surface area contributed by atoms with Crippen molar-refractivity contribution >= 4 is 17.2 Å². The van der Waals surface area contributed by atoms with Gasteiger partial charge in [0.2, 0.25) is 0 Å². The number of para-hydroxylation sites is 1. The normalized spacial score (nSPS) is 15.7. The lowest BCUT2D eigenvalue weighted by atomic mass is 10.0. The molecule has 0 unspecified atom stereocenters. The van der Waals surface area contributed by atoms with Crippen LogP contribution in [0.4, 0.5) is 0 Å². The highest BCUT2D eigenvalue weighted by atomic mass is 16.5. The molecular formula is C23H24N2O2. The minimum absolute atomic E-state index is 0.255. The van der Waals surface area contributed by atoms with Gasteiger partial charge in [0.25, 0.3) is 0 Å². The minimum Gasteiger partial charge on any atom is -0.490 e. The summed E-state index contributed by atoms with van der Waals surface area (Å²) in [6, 6.07) is 18.6. The largest absolute Gasteiger partial charge is 0.490 e. The number of piperidine rings is 1. The van der Waals surface area contributed by atoms with E-state index in [1.165, 1.54) is 0 Å². The lowest BCUT2D eigenvalue weighted by molar-refractivity contribution is -0.108. The lowest BCUT2D eigenvalue weighted by Crippen LogP contribution is -2.38. The summed E-state index contributed by atoms with van der Waals surface area (Å²) in [6.45, 7) is 2.86. The first kappa shape index (κ1) is 17.7. The molecule has 0 bridgehead atoms. The zero-order valence-electron chi connectivity index (χ0n) is 15.4. The molecule has 1 aromatic heterocycles. The van der Waals surface area contributed by atoms with Gasteiger partial charge in [-0.3, -0.25) is 4.98 Å². The molecule has 1 saturated heterocycles. The van der Waals surface area contributed by atoms with Crippen LogP contribution < -0.4 is 4.74 Å². The number of carbonyl (C=O) groups is 1. The molecule has 0 spiro atoms. The Hall–Kier alpha value is -2.72. The van der Waals surface area contributed by atoms with Crippen molar-refractivity contribution in [3.63, 3.8) is 0 Å². The predicted molar refractivity (Wildman–Crippen MR) is 108 cm³/mol. The van der Waals surface area contributed by atoms with E-state index in [2.05, 4.69) is 34.1 Å². The summed E-state index contributed by atoms with van der Waals surface area (Å²) in [7, 11) is 0. The van der Waals surface area contributed by atoms with Gasteiger partial charge in [0.1, 0.15) is 18.1 Å². The molecule has 4 rings (SSSR count). The molecule has 4 nitrogen and oxygen atoms in total. The molecule has 2 heterocycles. The predicted octanol–water partition coefficient (Wildman–Crippen LogP) is 4.33. The SMILES string of the molecule is O=CCCN1CCC(Oc2ccc(-c3cnc4ccccc4c3)cc2)CC1. The van der Waals surface area contributed by atoms with Crippen molar-refractivity contribution in [2.45, 2.75) is 25.4 Å². The van der Waals surface area contributed by atoms with Crippen LogP contribution in [0.5, 0.6) is 5.75 Å². The summed E-state index contributed by atoms with van der Waals surface area (Å²) >= 11 is 0. The number of nitrogens with zero attached hydrogens (tertiary/aromatic N) is 2. The van der Waals surface area contributed by atoms with Crippen LogP contribution in [0.25, 0.3) is 22.0 Å². The van der Waals surface area contributed by atoms with Gasteiger partial charge in [-0.05, 0) is 42.7 Å².